The molecule has 0 spiro atoms. The molecule has 1 aromatic carbocycles. The van der Waals surface area contributed by atoms with Crippen molar-refractivity contribution in [3.8, 4) is 11.5 Å². The van der Waals surface area contributed by atoms with Gasteiger partial charge >= 0.3 is 0 Å². The summed E-state index contributed by atoms with van der Waals surface area (Å²) in [4.78, 5) is 16.7. The van der Waals surface area contributed by atoms with E-state index in [0.29, 0.717) is 17.3 Å². The zero-order valence-electron chi connectivity index (χ0n) is 13.8. The fourth-order valence-corrected chi connectivity index (χ4v) is 4.44. The first-order chi connectivity index (χ1) is 11.2. The average Bonchev–Trinajstić information content (AvgIpc) is 3.22. The highest BCUT2D eigenvalue weighted by Gasteiger charge is 2.33. The van der Waals surface area contributed by atoms with E-state index in [9.17, 15) is 4.79 Å². The van der Waals surface area contributed by atoms with Crippen molar-refractivity contribution in [2.24, 2.45) is 0 Å². The van der Waals surface area contributed by atoms with E-state index in [1.807, 2.05) is 23.1 Å². The summed E-state index contributed by atoms with van der Waals surface area (Å²) in [6.07, 6.45) is 2.56. The standard InChI is InChI=1S/C17H24N2O3S/c1-21-14-6-5-13(11-15(14)22-2)17-19(16(20)12-23-17)10-9-18-7-3-4-8-18/h5-6,11,17H,3-4,7-10,12H2,1-2H3. The quantitative estimate of drug-likeness (QED) is 0.798. The number of thioether (sulfide) groups is 1. The van der Waals surface area contributed by atoms with E-state index in [4.69, 9.17) is 9.47 Å². The Kier molecular flexibility index (Phi) is 5.33. The second kappa shape index (κ2) is 7.45. The minimum Gasteiger partial charge on any atom is -0.493 e. The molecule has 0 saturated carbocycles. The Balaban J connectivity index is 1.73. The average molecular weight is 336 g/mol. The molecule has 1 atom stereocenters. The monoisotopic (exact) mass is 336 g/mol. The molecule has 0 bridgehead atoms. The van der Waals surface area contributed by atoms with Gasteiger partial charge in [0, 0.05) is 13.1 Å². The maximum atomic E-state index is 12.3. The Bertz CT molecular complexity index is 561. The molecule has 0 aromatic heterocycles. The number of amides is 1. The van der Waals surface area contributed by atoms with Gasteiger partial charge in [-0.25, -0.2) is 0 Å². The van der Waals surface area contributed by atoms with Crippen LogP contribution in [0.15, 0.2) is 18.2 Å². The largest absolute Gasteiger partial charge is 0.493 e. The Morgan fingerprint density at radius 3 is 2.57 bits per heavy atom. The lowest BCUT2D eigenvalue weighted by Crippen LogP contribution is -2.36. The van der Waals surface area contributed by atoms with Crippen LogP contribution in [0, 0.1) is 0 Å². The molecule has 2 saturated heterocycles. The van der Waals surface area contributed by atoms with E-state index in [-0.39, 0.29) is 11.3 Å². The number of carbonyl (C=O) groups excluding carboxylic acids is 1. The lowest BCUT2D eigenvalue weighted by Gasteiger charge is -2.27. The van der Waals surface area contributed by atoms with Gasteiger partial charge in [0.1, 0.15) is 5.37 Å². The van der Waals surface area contributed by atoms with Crippen LogP contribution < -0.4 is 9.47 Å². The zero-order valence-corrected chi connectivity index (χ0v) is 14.6. The number of likely N-dealkylation sites (tertiary alicyclic amines) is 1. The molecule has 2 aliphatic heterocycles. The lowest BCUT2D eigenvalue weighted by molar-refractivity contribution is -0.128. The van der Waals surface area contributed by atoms with Gasteiger partial charge in [0.25, 0.3) is 0 Å². The molecular weight excluding hydrogens is 312 g/mol. The molecule has 3 rings (SSSR count). The van der Waals surface area contributed by atoms with E-state index in [1.54, 1.807) is 26.0 Å². The summed E-state index contributed by atoms with van der Waals surface area (Å²) in [7, 11) is 3.27. The first-order valence-electron chi connectivity index (χ1n) is 8.08. The molecule has 0 aliphatic carbocycles. The van der Waals surface area contributed by atoms with Crippen LogP contribution in [0.1, 0.15) is 23.8 Å². The highest BCUT2D eigenvalue weighted by molar-refractivity contribution is 8.00. The summed E-state index contributed by atoms with van der Waals surface area (Å²) in [6, 6.07) is 5.93. The van der Waals surface area contributed by atoms with Gasteiger partial charge in [-0.1, -0.05) is 6.07 Å². The molecule has 2 heterocycles. The molecule has 2 fully saturated rings. The molecule has 2 aliphatic rings. The summed E-state index contributed by atoms with van der Waals surface area (Å²) in [5.74, 6) is 2.21. The molecule has 1 unspecified atom stereocenters. The van der Waals surface area contributed by atoms with Crippen molar-refractivity contribution < 1.29 is 14.3 Å². The van der Waals surface area contributed by atoms with Gasteiger partial charge < -0.3 is 19.3 Å². The molecule has 1 amide bonds. The number of ether oxygens (including phenoxy) is 2. The Morgan fingerprint density at radius 1 is 1.13 bits per heavy atom. The van der Waals surface area contributed by atoms with Crippen LogP contribution in [-0.2, 0) is 4.79 Å². The van der Waals surface area contributed by atoms with Gasteiger partial charge in [-0.15, -0.1) is 11.8 Å². The summed E-state index contributed by atoms with van der Waals surface area (Å²) < 4.78 is 10.7. The molecule has 23 heavy (non-hydrogen) atoms. The second-order valence-corrected chi connectivity index (χ2v) is 6.98. The van der Waals surface area contributed by atoms with Crippen LogP contribution in [0.5, 0.6) is 11.5 Å². The maximum Gasteiger partial charge on any atom is 0.233 e. The van der Waals surface area contributed by atoms with Gasteiger partial charge in [0.05, 0.1) is 20.0 Å². The molecule has 1 aromatic rings. The minimum atomic E-state index is 0.0740. The smallest absolute Gasteiger partial charge is 0.233 e. The predicted molar refractivity (Wildman–Crippen MR) is 92.1 cm³/mol. The molecule has 0 radical (unpaired) electrons. The summed E-state index contributed by atoms with van der Waals surface area (Å²) >= 11 is 1.69. The van der Waals surface area contributed by atoms with Crippen molar-refractivity contribution >= 4 is 17.7 Å². The van der Waals surface area contributed by atoms with Gasteiger partial charge in [0.15, 0.2) is 11.5 Å². The SMILES string of the molecule is COc1ccc(C2SCC(=O)N2CCN2CCCC2)cc1OC. The van der Waals surface area contributed by atoms with Crippen LogP contribution >= 0.6 is 11.8 Å². The highest BCUT2D eigenvalue weighted by Crippen LogP contribution is 2.41. The van der Waals surface area contributed by atoms with Crippen LogP contribution in [0.4, 0.5) is 0 Å². The van der Waals surface area contributed by atoms with Gasteiger partial charge in [-0.2, -0.15) is 0 Å². The molecular formula is C17H24N2O3S. The molecule has 126 valence electrons. The number of benzene rings is 1. The second-order valence-electron chi connectivity index (χ2n) is 5.91. The van der Waals surface area contributed by atoms with Crippen molar-refractivity contribution in [3.05, 3.63) is 23.8 Å². The topological polar surface area (TPSA) is 42.0 Å². The van der Waals surface area contributed by atoms with Gasteiger partial charge in [-0.05, 0) is 43.6 Å². The molecule has 6 heteroatoms. The number of hydrogen-bond donors (Lipinski definition) is 0. The van der Waals surface area contributed by atoms with Crippen LogP contribution in [0.2, 0.25) is 0 Å². The van der Waals surface area contributed by atoms with Crippen molar-refractivity contribution in [2.75, 3.05) is 46.2 Å². The van der Waals surface area contributed by atoms with Gasteiger partial charge in [0.2, 0.25) is 5.91 Å². The normalized spacial score (nSPS) is 21.9. The third kappa shape index (κ3) is 3.58. The number of hydrogen-bond acceptors (Lipinski definition) is 5. The summed E-state index contributed by atoms with van der Waals surface area (Å²) in [5, 5.41) is 0.0740. The number of rotatable bonds is 6. The van der Waals surface area contributed by atoms with Crippen LogP contribution in [0.25, 0.3) is 0 Å². The van der Waals surface area contributed by atoms with Crippen molar-refractivity contribution in [1.29, 1.82) is 0 Å². The van der Waals surface area contributed by atoms with E-state index in [2.05, 4.69) is 4.90 Å². The Hall–Kier alpha value is -1.40. The van der Waals surface area contributed by atoms with Gasteiger partial charge in [-0.3, -0.25) is 4.79 Å². The van der Waals surface area contributed by atoms with Crippen LogP contribution in [0.3, 0.4) is 0 Å². The number of nitrogens with zero attached hydrogens (tertiary/aromatic N) is 2. The maximum absolute atomic E-state index is 12.3. The Morgan fingerprint density at radius 2 is 1.87 bits per heavy atom. The third-order valence-electron chi connectivity index (χ3n) is 4.52. The predicted octanol–water partition coefficient (Wildman–Crippen LogP) is 2.37. The molecule has 5 nitrogen and oxygen atoms in total. The van der Waals surface area contributed by atoms with Crippen molar-refractivity contribution in [1.82, 2.24) is 9.80 Å². The third-order valence-corrected chi connectivity index (χ3v) is 5.77. The highest BCUT2D eigenvalue weighted by atomic mass is 32.2. The van der Waals surface area contributed by atoms with E-state index >= 15 is 0 Å². The summed E-state index contributed by atoms with van der Waals surface area (Å²) in [6.45, 7) is 4.09. The lowest BCUT2D eigenvalue weighted by atomic mass is 10.1. The number of methoxy groups -OCH3 is 2. The van der Waals surface area contributed by atoms with E-state index in [1.165, 1.54) is 12.8 Å². The molecule has 0 N–H and O–H groups in total. The summed E-state index contributed by atoms with van der Waals surface area (Å²) in [5.41, 5.74) is 1.10. The number of carbonyl (C=O) groups is 1. The Labute approximate surface area is 141 Å². The van der Waals surface area contributed by atoms with Crippen LogP contribution in [-0.4, -0.2) is 61.9 Å². The van der Waals surface area contributed by atoms with Crippen molar-refractivity contribution in [2.45, 2.75) is 18.2 Å². The first-order valence-corrected chi connectivity index (χ1v) is 9.13. The zero-order chi connectivity index (χ0) is 16.2. The van der Waals surface area contributed by atoms with Crippen molar-refractivity contribution in [3.63, 3.8) is 0 Å². The minimum absolute atomic E-state index is 0.0740. The first kappa shape index (κ1) is 16.5. The van der Waals surface area contributed by atoms with E-state index < -0.39 is 0 Å². The fourth-order valence-electron chi connectivity index (χ4n) is 3.23. The fraction of sp³-hybridized carbons (Fsp3) is 0.588. The van der Waals surface area contributed by atoms with E-state index in [0.717, 1.165) is 31.7 Å².